The average molecular weight is 699 g/mol. The second-order valence-corrected chi connectivity index (χ2v) is 13.2. The lowest BCUT2D eigenvalue weighted by atomic mass is 10.0. The second kappa shape index (κ2) is 20.1. The highest BCUT2D eigenvalue weighted by Crippen LogP contribution is 2.28. The Morgan fingerprint density at radius 3 is 2.12 bits per heavy atom. The summed E-state index contributed by atoms with van der Waals surface area (Å²) in [5, 5.41) is 6.27. The quantitative estimate of drug-likeness (QED) is 0.165. The molecule has 4 amide bonds. The summed E-state index contributed by atoms with van der Waals surface area (Å²) in [4.78, 5) is 57.5. The summed E-state index contributed by atoms with van der Waals surface area (Å²) >= 11 is 0. The van der Waals surface area contributed by atoms with Gasteiger partial charge in [0.25, 0.3) is 5.91 Å². The van der Waals surface area contributed by atoms with Gasteiger partial charge in [0, 0.05) is 96.6 Å². The monoisotopic (exact) mass is 698 g/mol. The number of hydrogen-bond acceptors (Lipinski definition) is 7. The number of likely N-dealkylation sites (tertiary alicyclic amines) is 1. The lowest BCUT2D eigenvalue weighted by Gasteiger charge is -2.32. The van der Waals surface area contributed by atoms with Crippen molar-refractivity contribution < 1.29 is 23.9 Å². The molecule has 51 heavy (non-hydrogen) atoms. The van der Waals surface area contributed by atoms with E-state index in [2.05, 4.69) is 15.5 Å². The van der Waals surface area contributed by atoms with Gasteiger partial charge in [-0.05, 0) is 61.6 Å². The van der Waals surface area contributed by atoms with E-state index in [9.17, 15) is 19.2 Å². The van der Waals surface area contributed by atoms with E-state index in [0.29, 0.717) is 51.0 Å². The third-order valence-electron chi connectivity index (χ3n) is 9.32. The van der Waals surface area contributed by atoms with Gasteiger partial charge < -0.3 is 29.7 Å². The van der Waals surface area contributed by atoms with Crippen LogP contribution < -0.4 is 10.6 Å². The third-order valence-corrected chi connectivity index (χ3v) is 9.32. The highest BCUT2D eigenvalue weighted by atomic mass is 16.6. The first kappa shape index (κ1) is 38.9. The standard InChI is InChI=1S/C40H54N6O5/c1-5-37(47)43(2)25-12-26-45(4)39(49)32-18-20-33(21-19-32)41-24-11-17-38(48)44(3)29-30-46-27-22-34(23-28-46)51-40(50)42-36-16-10-9-15-35(36)31-13-7-6-8-14-31/h6-10,13-16,18-21,34,41H,5,11-12,17,22-30H2,1-4H3,(H,42,50). The predicted molar refractivity (Wildman–Crippen MR) is 203 cm³/mol. The molecule has 1 fully saturated rings. The van der Waals surface area contributed by atoms with Crippen molar-refractivity contribution in [2.24, 2.45) is 0 Å². The van der Waals surface area contributed by atoms with Crippen molar-refractivity contribution >= 4 is 35.2 Å². The summed E-state index contributed by atoms with van der Waals surface area (Å²) in [6.45, 7) is 6.73. The van der Waals surface area contributed by atoms with Gasteiger partial charge in [0.05, 0.1) is 5.69 Å². The van der Waals surface area contributed by atoms with Gasteiger partial charge in [0.15, 0.2) is 0 Å². The van der Waals surface area contributed by atoms with E-state index < -0.39 is 6.09 Å². The molecule has 3 aromatic carbocycles. The van der Waals surface area contributed by atoms with E-state index in [1.807, 2.05) is 92.8 Å². The van der Waals surface area contributed by atoms with Gasteiger partial charge in [0.2, 0.25) is 11.8 Å². The van der Waals surface area contributed by atoms with E-state index in [0.717, 1.165) is 61.4 Å². The summed E-state index contributed by atoms with van der Waals surface area (Å²) in [6.07, 6.45) is 3.27. The number of likely N-dealkylation sites (N-methyl/N-ethyl adjacent to an activating group) is 1. The van der Waals surface area contributed by atoms with Gasteiger partial charge in [0.1, 0.15) is 6.10 Å². The summed E-state index contributed by atoms with van der Waals surface area (Å²) in [6, 6.07) is 25.0. The summed E-state index contributed by atoms with van der Waals surface area (Å²) in [5.74, 6) is 0.155. The van der Waals surface area contributed by atoms with Crippen LogP contribution in [0, 0.1) is 0 Å². The Hall–Kier alpha value is -4.90. The summed E-state index contributed by atoms with van der Waals surface area (Å²) in [7, 11) is 5.41. The van der Waals surface area contributed by atoms with Gasteiger partial charge in [-0.25, -0.2) is 4.79 Å². The average Bonchev–Trinajstić information content (AvgIpc) is 3.16. The minimum absolute atomic E-state index is 0.0543. The van der Waals surface area contributed by atoms with Gasteiger partial charge in [-0.1, -0.05) is 55.5 Å². The van der Waals surface area contributed by atoms with Gasteiger partial charge in [-0.3, -0.25) is 19.7 Å². The van der Waals surface area contributed by atoms with Crippen LogP contribution in [-0.2, 0) is 14.3 Å². The minimum Gasteiger partial charge on any atom is -0.446 e. The Labute approximate surface area is 302 Å². The highest BCUT2D eigenvalue weighted by Gasteiger charge is 2.23. The molecule has 0 bridgehead atoms. The zero-order chi connectivity index (χ0) is 36.6. The first-order chi connectivity index (χ1) is 24.6. The molecule has 0 radical (unpaired) electrons. The molecule has 1 aliphatic rings. The molecule has 1 heterocycles. The fraction of sp³-hybridized carbons (Fsp3) is 0.450. The smallest absolute Gasteiger partial charge is 0.411 e. The van der Waals surface area contributed by atoms with Crippen LogP contribution in [0.5, 0.6) is 0 Å². The molecule has 1 aliphatic heterocycles. The van der Waals surface area contributed by atoms with Crippen molar-refractivity contribution in [3.63, 3.8) is 0 Å². The van der Waals surface area contributed by atoms with Crippen LogP contribution in [0.4, 0.5) is 16.2 Å². The van der Waals surface area contributed by atoms with Crippen LogP contribution in [-0.4, -0.2) is 116 Å². The van der Waals surface area contributed by atoms with E-state index in [1.54, 1.807) is 28.8 Å². The van der Waals surface area contributed by atoms with Gasteiger partial charge >= 0.3 is 6.09 Å². The Morgan fingerprint density at radius 2 is 1.41 bits per heavy atom. The number of nitrogens with zero attached hydrogens (tertiary/aromatic N) is 4. The molecule has 3 aromatic rings. The number of ether oxygens (including phenoxy) is 1. The molecular weight excluding hydrogens is 644 g/mol. The molecule has 0 unspecified atom stereocenters. The van der Waals surface area contributed by atoms with Crippen molar-refractivity contribution in [3.8, 4) is 11.1 Å². The number of rotatable bonds is 17. The van der Waals surface area contributed by atoms with Crippen LogP contribution >= 0.6 is 0 Å². The number of anilines is 2. The van der Waals surface area contributed by atoms with Crippen molar-refractivity contribution in [1.29, 1.82) is 0 Å². The topological polar surface area (TPSA) is 115 Å². The molecule has 0 spiro atoms. The molecule has 0 saturated carbocycles. The van der Waals surface area contributed by atoms with Crippen molar-refractivity contribution in [2.45, 2.75) is 51.6 Å². The van der Waals surface area contributed by atoms with Crippen LogP contribution in [0.3, 0.4) is 0 Å². The molecule has 0 atom stereocenters. The zero-order valence-electron chi connectivity index (χ0n) is 30.6. The lowest BCUT2D eigenvalue weighted by molar-refractivity contribution is -0.130. The lowest BCUT2D eigenvalue weighted by Crippen LogP contribution is -2.42. The molecule has 4 rings (SSSR count). The summed E-state index contributed by atoms with van der Waals surface area (Å²) in [5.41, 5.74) is 4.21. The van der Waals surface area contributed by atoms with Gasteiger partial charge in [-0.2, -0.15) is 0 Å². The number of benzene rings is 3. The molecule has 11 heteroatoms. The van der Waals surface area contributed by atoms with Crippen LogP contribution in [0.25, 0.3) is 11.1 Å². The number of nitrogens with one attached hydrogen (secondary N) is 2. The Bertz CT molecular complexity index is 1560. The number of carbonyl (C=O) groups is 4. The largest absolute Gasteiger partial charge is 0.446 e. The normalized spacial score (nSPS) is 13.3. The number of carbonyl (C=O) groups excluding carboxylic acids is 4. The summed E-state index contributed by atoms with van der Waals surface area (Å²) < 4.78 is 5.77. The maximum absolute atomic E-state index is 12.8. The van der Waals surface area contributed by atoms with Crippen LogP contribution in [0.2, 0.25) is 0 Å². The Balaban J connectivity index is 1.07. The SMILES string of the molecule is CCC(=O)N(C)CCCN(C)C(=O)c1ccc(NCCCC(=O)N(C)CCN2CCC(OC(=O)Nc3ccccc3-c3ccccc3)CC2)cc1. The maximum Gasteiger partial charge on any atom is 0.411 e. The van der Waals surface area contributed by atoms with Gasteiger partial charge in [-0.15, -0.1) is 0 Å². The molecule has 2 N–H and O–H groups in total. The molecule has 274 valence electrons. The maximum atomic E-state index is 12.8. The Kier molecular flexibility index (Phi) is 15.3. The third kappa shape index (κ3) is 12.4. The van der Waals surface area contributed by atoms with E-state index >= 15 is 0 Å². The number of amides is 4. The van der Waals surface area contributed by atoms with Crippen LogP contribution in [0.1, 0.15) is 55.8 Å². The fourth-order valence-electron chi connectivity index (χ4n) is 6.07. The van der Waals surface area contributed by atoms with E-state index in [-0.39, 0.29) is 23.8 Å². The number of para-hydroxylation sites is 1. The first-order valence-corrected chi connectivity index (χ1v) is 18.1. The minimum atomic E-state index is -0.440. The predicted octanol–water partition coefficient (Wildman–Crippen LogP) is 6.05. The van der Waals surface area contributed by atoms with Crippen molar-refractivity contribution in [3.05, 3.63) is 84.4 Å². The molecular formula is C40H54N6O5. The van der Waals surface area contributed by atoms with Crippen molar-refractivity contribution in [2.75, 3.05) is 77.6 Å². The van der Waals surface area contributed by atoms with E-state index in [1.165, 1.54) is 0 Å². The van der Waals surface area contributed by atoms with Crippen LogP contribution in [0.15, 0.2) is 78.9 Å². The molecule has 0 aromatic heterocycles. The fourth-order valence-corrected chi connectivity index (χ4v) is 6.07. The molecule has 1 saturated heterocycles. The number of piperidine rings is 1. The second-order valence-electron chi connectivity index (χ2n) is 13.2. The van der Waals surface area contributed by atoms with Crippen molar-refractivity contribution in [1.82, 2.24) is 19.6 Å². The number of hydrogen-bond donors (Lipinski definition) is 2. The first-order valence-electron chi connectivity index (χ1n) is 18.1. The van der Waals surface area contributed by atoms with E-state index in [4.69, 9.17) is 4.74 Å². The molecule has 11 nitrogen and oxygen atoms in total. The Morgan fingerprint density at radius 1 is 0.765 bits per heavy atom. The zero-order valence-corrected chi connectivity index (χ0v) is 30.6. The highest BCUT2D eigenvalue weighted by molar-refractivity contribution is 5.94. The molecule has 0 aliphatic carbocycles.